The van der Waals surface area contributed by atoms with Crippen molar-refractivity contribution in [2.45, 2.75) is 23.5 Å². The monoisotopic (exact) mass is 339 g/mol. The first-order valence-electron chi connectivity index (χ1n) is 5.80. The van der Waals surface area contributed by atoms with Crippen molar-refractivity contribution in [2.24, 2.45) is 0 Å². The van der Waals surface area contributed by atoms with Crippen molar-refractivity contribution in [2.75, 3.05) is 6.54 Å². The SMILES string of the molecule is O=C(OS(=O)(=O)c1cc(F)cc(Cl)c1O)[C@]1(O)CCCN1. The third-order valence-corrected chi connectivity index (χ3v) is 4.43. The highest BCUT2D eigenvalue weighted by Crippen LogP contribution is 2.33. The van der Waals surface area contributed by atoms with Crippen LogP contribution < -0.4 is 5.32 Å². The maximum Gasteiger partial charge on any atom is 0.369 e. The molecule has 0 unspecified atom stereocenters. The summed E-state index contributed by atoms with van der Waals surface area (Å²) in [5.41, 5.74) is -2.13. The van der Waals surface area contributed by atoms with E-state index in [0.29, 0.717) is 25.1 Å². The Hall–Kier alpha value is -1.42. The molecule has 10 heteroatoms. The van der Waals surface area contributed by atoms with E-state index in [1.807, 2.05) is 0 Å². The smallest absolute Gasteiger partial charge is 0.369 e. The van der Waals surface area contributed by atoms with Gasteiger partial charge in [-0.15, -0.1) is 0 Å². The zero-order chi connectivity index (χ0) is 15.8. The zero-order valence-electron chi connectivity index (χ0n) is 10.5. The molecular weight excluding hydrogens is 329 g/mol. The van der Waals surface area contributed by atoms with Gasteiger partial charge in [0.15, 0.2) is 10.6 Å². The van der Waals surface area contributed by atoms with E-state index >= 15 is 0 Å². The van der Waals surface area contributed by atoms with Crippen LogP contribution in [0.4, 0.5) is 4.39 Å². The third kappa shape index (κ3) is 3.10. The van der Waals surface area contributed by atoms with Crippen LogP contribution in [0, 0.1) is 5.82 Å². The summed E-state index contributed by atoms with van der Waals surface area (Å²) in [6, 6.07) is 1.15. The van der Waals surface area contributed by atoms with E-state index in [4.69, 9.17) is 11.6 Å². The average Bonchev–Trinajstić information content (AvgIpc) is 2.81. The first kappa shape index (κ1) is 16.0. The number of rotatable bonds is 3. The van der Waals surface area contributed by atoms with Crippen molar-refractivity contribution < 1.29 is 32.0 Å². The molecule has 3 N–H and O–H groups in total. The van der Waals surface area contributed by atoms with Crippen LogP contribution in [0.3, 0.4) is 0 Å². The van der Waals surface area contributed by atoms with Crippen molar-refractivity contribution in [1.29, 1.82) is 0 Å². The summed E-state index contributed by atoms with van der Waals surface area (Å²) in [5, 5.41) is 21.2. The molecule has 1 aromatic carbocycles. The molecule has 0 amide bonds. The molecule has 0 radical (unpaired) electrons. The minimum atomic E-state index is -4.83. The van der Waals surface area contributed by atoms with Gasteiger partial charge in [0.2, 0.25) is 5.72 Å². The van der Waals surface area contributed by atoms with Gasteiger partial charge in [0.25, 0.3) is 0 Å². The molecule has 1 aromatic rings. The fourth-order valence-electron chi connectivity index (χ4n) is 1.85. The van der Waals surface area contributed by atoms with Crippen LogP contribution in [0.5, 0.6) is 5.75 Å². The van der Waals surface area contributed by atoms with Gasteiger partial charge < -0.3 is 14.4 Å². The van der Waals surface area contributed by atoms with Crippen molar-refractivity contribution in [3.05, 3.63) is 23.0 Å². The molecule has 0 aliphatic carbocycles. The molecule has 1 aliphatic heterocycles. The topological polar surface area (TPSA) is 113 Å². The van der Waals surface area contributed by atoms with Crippen LogP contribution in [-0.2, 0) is 19.1 Å². The molecule has 0 aromatic heterocycles. The second-order valence-corrected chi connectivity index (χ2v) is 6.37. The molecule has 1 heterocycles. The Morgan fingerprint density at radius 2 is 2.14 bits per heavy atom. The number of benzene rings is 1. The van der Waals surface area contributed by atoms with Crippen molar-refractivity contribution in [3.63, 3.8) is 0 Å². The number of phenols is 1. The Morgan fingerprint density at radius 1 is 1.48 bits per heavy atom. The van der Waals surface area contributed by atoms with E-state index in [1.54, 1.807) is 0 Å². The van der Waals surface area contributed by atoms with Gasteiger partial charge in [0.1, 0.15) is 5.82 Å². The Morgan fingerprint density at radius 3 is 2.71 bits per heavy atom. The highest BCUT2D eigenvalue weighted by molar-refractivity contribution is 7.87. The van der Waals surface area contributed by atoms with Gasteiger partial charge in [0, 0.05) is 6.42 Å². The second kappa shape index (κ2) is 5.41. The first-order chi connectivity index (χ1) is 9.66. The molecule has 0 bridgehead atoms. The second-order valence-electron chi connectivity index (χ2n) is 4.45. The lowest BCUT2D eigenvalue weighted by atomic mass is 10.2. The number of aromatic hydroxyl groups is 1. The number of carbonyl (C=O) groups excluding carboxylic acids is 1. The molecule has 1 fully saturated rings. The number of carbonyl (C=O) groups is 1. The van der Waals surface area contributed by atoms with Crippen LogP contribution in [0.1, 0.15) is 12.8 Å². The Balaban J connectivity index is 2.33. The van der Waals surface area contributed by atoms with Crippen LogP contribution in [0.25, 0.3) is 0 Å². The lowest BCUT2D eigenvalue weighted by molar-refractivity contribution is -0.156. The Labute approximate surface area is 124 Å². The molecule has 2 rings (SSSR count). The van der Waals surface area contributed by atoms with Crippen LogP contribution in [0.2, 0.25) is 5.02 Å². The fourth-order valence-corrected chi connectivity index (χ4v) is 3.14. The van der Waals surface area contributed by atoms with Crippen molar-refractivity contribution in [3.8, 4) is 5.75 Å². The molecule has 1 atom stereocenters. The summed E-state index contributed by atoms with van der Waals surface area (Å²) in [5.74, 6) is -3.44. The zero-order valence-corrected chi connectivity index (χ0v) is 12.0. The summed E-state index contributed by atoms with van der Waals surface area (Å²) in [6.45, 7) is 0.308. The van der Waals surface area contributed by atoms with Crippen LogP contribution in [-0.4, -0.2) is 36.9 Å². The first-order valence-corrected chi connectivity index (χ1v) is 7.59. The van der Waals surface area contributed by atoms with Crippen LogP contribution >= 0.6 is 11.6 Å². The van der Waals surface area contributed by atoms with Gasteiger partial charge in [-0.25, -0.2) is 9.18 Å². The van der Waals surface area contributed by atoms with E-state index in [2.05, 4.69) is 9.50 Å². The quantitative estimate of drug-likeness (QED) is 0.687. The molecule has 1 aliphatic rings. The minimum Gasteiger partial charge on any atom is -0.505 e. The number of hydrogen-bond donors (Lipinski definition) is 3. The number of phenolic OH excluding ortho intramolecular Hbond substituents is 1. The number of halogens is 2. The summed E-state index contributed by atoms with van der Waals surface area (Å²) in [6.07, 6.45) is 0.417. The van der Waals surface area contributed by atoms with E-state index in [0.717, 1.165) is 0 Å². The molecular formula is C11H11ClFNO6S. The molecule has 21 heavy (non-hydrogen) atoms. The number of aliphatic hydroxyl groups is 1. The van der Waals surface area contributed by atoms with Crippen molar-refractivity contribution >= 4 is 27.7 Å². The summed E-state index contributed by atoms with van der Waals surface area (Å²) < 4.78 is 41.2. The average molecular weight is 340 g/mol. The Bertz CT molecular complexity index is 686. The van der Waals surface area contributed by atoms with Crippen molar-refractivity contribution in [1.82, 2.24) is 5.32 Å². The molecule has 0 spiro atoms. The van der Waals surface area contributed by atoms with Gasteiger partial charge in [-0.3, -0.25) is 5.32 Å². The highest BCUT2D eigenvalue weighted by atomic mass is 35.5. The standard InChI is InChI=1S/C11H11ClFNO6S/c12-7-4-6(13)5-8(9(7)15)21(18,19)20-10(16)11(17)2-1-3-14-11/h4-5,14-15,17H,1-3H2/t11-/m1/s1. The predicted molar refractivity (Wildman–Crippen MR) is 68.5 cm³/mol. The summed E-state index contributed by atoms with van der Waals surface area (Å²) >= 11 is 5.46. The van der Waals surface area contributed by atoms with E-state index < -0.39 is 43.3 Å². The normalized spacial score (nSPS) is 22.2. The molecule has 116 valence electrons. The van der Waals surface area contributed by atoms with Crippen LogP contribution in [0.15, 0.2) is 17.0 Å². The number of hydrogen-bond acceptors (Lipinski definition) is 7. The fraction of sp³-hybridized carbons (Fsp3) is 0.364. The summed E-state index contributed by atoms with van der Waals surface area (Å²) in [4.78, 5) is 10.7. The predicted octanol–water partition coefficient (Wildman–Crippen LogP) is 0.489. The van der Waals surface area contributed by atoms with Gasteiger partial charge in [0.05, 0.1) is 5.02 Å². The van der Waals surface area contributed by atoms with Gasteiger partial charge >= 0.3 is 16.1 Å². The Kier molecular flexibility index (Phi) is 4.11. The summed E-state index contributed by atoms with van der Waals surface area (Å²) in [7, 11) is -4.83. The van der Waals surface area contributed by atoms with Gasteiger partial charge in [-0.1, -0.05) is 11.6 Å². The minimum absolute atomic E-state index is 0.0305. The largest absolute Gasteiger partial charge is 0.505 e. The maximum absolute atomic E-state index is 13.2. The van der Waals surface area contributed by atoms with Gasteiger partial charge in [-0.2, -0.15) is 8.42 Å². The third-order valence-electron chi connectivity index (χ3n) is 2.92. The maximum atomic E-state index is 13.2. The molecule has 1 saturated heterocycles. The van der Waals surface area contributed by atoms with E-state index in [-0.39, 0.29) is 6.42 Å². The molecule has 0 saturated carbocycles. The lowest BCUT2D eigenvalue weighted by Gasteiger charge is -2.20. The molecule has 7 nitrogen and oxygen atoms in total. The number of nitrogens with one attached hydrogen (secondary N) is 1. The van der Waals surface area contributed by atoms with E-state index in [1.165, 1.54) is 0 Å². The van der Waals surface area contributed by atoms with E-state index in [9.17, 15) is 27.8 Å². The lowest BCUT2D eigenvalue weighted by Crippen LogP contribution is -2.49. The highest BCUT2D eigenvalue weighted by Gasteiger charge is 2.43. The van der Waals surface area contributed by atoms with Gasteiger partial charge in [-0.05, 0) is 25.1 Å².